The van der Waals surface area contributed by atoms with Crippen LogP contribution in [0.3, 0.4) is 0 Å². The molecule has 0 saturated heterocycles. The Balaban J connectivity index is 2.00. The predicted molar refractivity (Wildman–Crippen MR) is 89.8 cm³/mol. The number of amides is 1. The molecule has 0 radical (unpaired) electrons. The van der Waals surface area contributed by atoms with Crippen molar-refractivity contribution >= 4 is 5.91 Å². The lowest BCUT2D eigenvalue weighted by molar-refractivity contribution is 0.0923. The SMILES string of the molecule is Cc1cc(Cn2nnc(C(=O)N[C@@H](C)CN(C)C(C)C)c2C)on1. The Hall–Kier alpha value is -2.22. The molecule has 8 nitrogen and oxygen atoms in total. The third kappa shape index (κ3) is 4.41. The van der Waals surface area contributed by atoms with Crippen LogP contribution in [0.1, 0.15) is 48.4 Å². The Labute approximate surface area is 142 Å². The Morgan fingerprint density at radius 3 is 2.67 bits per heavy atom. The van der Waals surface area contributed by atoms with E-state index in [1.807, 2.05) is 33.9 Å². The van der Waals surface area contributed by atoms with Crippen molar-refractivity contribution in [2.75, 3.05) is 13.6 Å². The predicted octanol–water partition coefficient (Wildman–Crippen LogP) is 1.39. The highest BCUT2D eigenvalue weighted by Gasteiger charge is 2.20. The fourth-order valence-corrected chi connectivity index (χ4v) is 2.34. The minimum Gasteiger partial charge on any atom is -0.359 e. The standard InChI is InChI=1S/C16H26N6O2/c1-10(2)21(6)8-12(4)17-16(23)15-13(5)22(20-18-15)9-14-7-11(3)19-24-14/h7,10,12H,8-9H2,1-6H3,(H,17,23)/t12-/m0/s1. The number of nitrogens with zero attached hydrogens (tertiary/aromatic N) is 5. The van der Waals surface area contributed by atoms with Crippen LogP contribution >= 0.6 is 0 Å². The van der Waals surface area contributed by atoms with Gasteiger partial charge in [-0.15, -0.1) is 5.10 Å². The van der Waals surface area contributed by atoms with Crippen molar-refractivity contribution in [3.05, 3.63) is 28.9 Å². The van der Waals surface area contributed by atoms with Crippen molar-refractivity contribution in [3.8, 4) is 0 Å². The maximum absolute atomic E-state index is 12.4. The van der Waals surface area contributed by atoms with Gasteiger partial charge in [-0.05, 0) is 41.7 Å². The van der Waals surface area contributed by atoms with Gasteiger partial charge in [0.2, 0.25) is 0 Å². The van der Waals surface area contributed by atoms with E-state index in [-0.39, 0.29) is 11.9 Å². The molecule has 8 heteroatoms. The Morgan fingerprint density at radius 1 is 1.38 bits per heavy atom. The summed E-state index contributed by atoms with van der Waals surface area (Å²) >= 11 is 0. The minimum atomic E-state index is -0.211. The third-order valence-corrected chi connectivity index (χ3v) is 4.00. The zero-order chi connectivity index (χ0) is 17.9. The fraction of sp³-hybridized carbons (Fsp3) is 0.625. The second-order valence-corrected chi connectivity index (χ2v) is 6.52. The topological polar surface area (TPSA) is 89.1 Å². The number of hydrogen-bond donors (Lipinski definition) is 1. The molecule has 1 amide bonds. The van der Waals surface area contributed by atoms with Crippen LogP contribution in [0.5, 0.6) is 0 Å². The van der Waals surface area contributed by atoms with Gasteiger partial charge in [-0.25, -0.2) is 4.68 Å². The molecule has 2 aromatic heterocycles. The lowest BCUT2D eigenvalue weighted by Crippen LogP contribution is -2.43. The molecule has 2 heterocycles. The molecule has 1 atom stereocenters. The second kappa shape index (κ2) is 7.57. The summed E-state index contributed by atoms with van der Waals surface area (Å²) in [5.74, 6) is 0.469. The van der Waals surface area contributed by atoms with Crippen molar-refractivity contribution in [2.24, 2.45) is 0 Å². The normalized spacial score (nSPS) is 12.8. The number of carbonyl (C=O) groups excluding carboxylic acids is 1. The molecule has 0 unspecified atom stereocenters. The second-order valence-electron chi connectivity index (χ2n) is 6.52. The summed E-state index contributed by atoms with van der Waals surface area (Å²) < 4.78 is 6.82. The quantitative estimate of drug-likeness (QED) is 0.823. The van der Waals surface area contributed by atoms with Gasteiger partial charge in [0.25, 0.3) is 5.91 Å². The minimum absolute atomic E-state index is 0.0198. The highest BCUT2D eigenvalue weighted by Crippen LogP contribution is 2.09. The first-order valence-corrected chi connectivity index (χ1v) is 8.11. The molecule has 24 heavy (non-hydrogen) atoms. The Kier molecular flexibility index (Phi) is 5.71. The molecule has 2 aromatic rings. The largest absolute Gasteiger partial charge is 0.359 e. The first-order chi connectivity index (χ1) is 11.3. The molecule has 0 saturated carbocycles. The van der Waals surface area contributed by atoms with Crippen LogP contribution in [0.15, 0.2) is 10.6 Å². The molecule has 1 N–H and O–H groups in total. The number of nitrogens with one attached hydrogen (secondary N) is 1. The summed E-state index contributed by atoms with van der Waals surface area (Å²) in [4.78, 5) is 14.6. The number of carbonyl (C=O) groups is 1. The molecule has 2 rings (SSSR count). The first kappa shape index (κ1) is 18.1. The summed E-state index contributed by atoms with van der Waals surface area (Å²) in [6, 6.07) is 2.29. The molecule has 132 valence electrons. The lowest BCUT2D eigenvalue weighted by atomic mass is 10.2. The molecule has 0 spiro atoms. The van der Waals surface area contributed by atoms with Crippen LogP contribution in [0.4, 0.5) is 0 Å². The molecule has 0 fully saturated rings. The Bertz CT molecular complexity index is 691. The van der Waals surface area contributed by atoms with Crippen LogP contribution in [0, 0.1) is 13.8 Å². The summed E-state index contributed by atoms with van der Waals surface area (Å²) in [5.41, 5.74) is 1.85. The molecule has 0 aliphatic heterocycles. The van der Waals surface area contributed by atoms with E-state index in [4.69, 9.17) is 4.52 Å². The van der Waals surface area contributed by atoms with Gasteiger partial charge in [-0.1, -0.05) is 10.4 Å². The van der Waals surface area contributed by atoms with Crippen molar-refractivity contribution < 1.29 is 9.32 Å². The molecular weight excluding hydrogens is 308 g/mol. The van der Waals surface area contributed by atoms with E-state index in [9.17, 15) is 4.79 Å². The highest BCUT2D eigenvalue weighted by molar-refractivity contribution is 5.93. The zero-order valence-electron chi connectivity index (χ0n) is 15.2. The number of likely N-dealkylation sites (N-methyl/N-ethyl adjacent to an activating group) is 1. The first-order valence-electron chi connectivity index (χ1n) is 8.11. The van der Waals surface area contributed by atoms with Crippen LogP contribution in [0.25, 0.3) is 0 Å². The van der Waals surface area contributed by atoms with Gasteiger partial charge in [0.15, 0.2) is 11.5 Å². The average molecular weight is 334 g/mol. The summed E-state index contributed by atoms with van der Waals surface area (Å²) in [6.07, 6.45) is 0. The number of aryl methyl sites for hydroxylation is 1. The van der Waals surface area contributed by atoms with Crippen LogP contribution in [0.2, 0.25) is 0 Å². The number of aromatic nitrogens is 4. The maximum atomic E-state index is 12.4. The summed E-state index contributed by atoms with van der Waals surface area (Å²) in [5, 5.41) is 14.9. The molecule has 0 aromatic carbocycles. The van der Waals surface area contributed by atoms with Crippen molar-refractivity contribution in [1.29, 1.82) is 0 Å². The summed E-state index contributed by atoms with van der Waals surface area (Å²) in [7, 11) is 2.04. The van der Waals surface area contributed by atoms with Crippen molar-refractivity contribution in [3.63, 3.8) is 0 Å². The fourth-order valence-electron chi connectivity index (χ4n) is 2.34. The van der Waals surface area contributed by atoms with Gasteiger partial charge < -0.3 is 14.7 Å². The van der Waals surface area contributed by atoms with E-state index in [0.29, 0.717) is 29.7 Å². The third-order valence-electron chi connectivity index (χ3n) is 4.00. The number of rotatable bonds is 7. The van der Waals surface area contributed by atoms with E-state index in [0.717, 1.165) is 12.2 Å². The van der Waals surface area contributed by atoms with Crippen molar-refractivity contribution in [2.45, 2.75) is 53.2 Å². The summed E-state index contributed by atoms with van der Waals surface area (Å²) in [6.45, 7) is 11.1. The van der Waals surface area contributed by atoms with Gasteiger partial charge in [-0.3, -0.25) is 4.79 Å². The van der Waals surface area contributed by atoms with Crippen LogP contribution in [-0.4, -0.2) is 56.6 Å². The van der Waals surface area contributed by atoms with Crippen molar-refractivity contribution in [1.82, 2.24) is 30.4 Å². The van der Waals surface area contributed by atoms with E-state index in [1.54, 1.807) is 4.68 Å². The number of hydrogen-bond acceptors (Lipinski definition) is 6. The Morgan fingerprint density at radius 2 is 2.08 bits per heavy atom. The molecule has 0 aliphatic carbocycles. The van der Waals surface area contributed by atoms with Crippen LogP contribution in [-0.2, 0) is 6.54 Å². The maximum Gasteiger partial charge on any atom is 0.274 e. The lowest BCUT2D eigenvalue weighted by Gasteiger charge is -2.25. The van der Waals surface area contributed by atoms with E-state index in [1.165, 1.54) is 0 Å². The van der Waals surface area contributed by atoms with E-state index < -0.39 is 0 Å². The highest BCUT2D eigenvalue weighted by atomic mass is 16.5. The van der Waals surface area contributed by atoms with Gasteiger partial charge in [0.05, 0.1) is 11.4 Å². The van der Waals surface area contributed by atoms with Gasteiger partial charge in [0, 0.05) is 24.7 Å². The monoisotopic (exact) mass is 334 g/mol. The smallest absolute Gasteiger partial charge is 0.274 e. The molecule has 0 bridgehead atoms. The van der Waals surface area contributed by atoms with Gasteiger partial charge >= 0.3 is 0 Å². The molecule has 0 aliphatic rings. The van der Waals surface area contributed by atoms with E-state index in [2.05, 4.69) is 39.5 Å². The average Bonchev–Trinajstić information content (AvgIpc) is 3.06. The van der Waals surface area contributed by atoms with Crippen LogP contribution < -0.4 is 5.32 Å². The van der Waals surface area contributed by atoms with E-state index >= 15 is 0 Å². The zero-order valence-corrected chi connectivity index (χ0v) is 15.2. The van der Waals surface area contributed by atoms with Gasteiger partial charge in [0.1, 0.15) is 6.54 Å². The molecular formula is C16H26N6O2. The van der Waals surface area contributed by atoms with Gasteiger partial charge in [-0.2, -0.15) is 0 Å².